The van der Waals surface area contributed by atoms with Crippen molar-refractivity contribution >= 4 is 5.78 Å². The highest BCUT2D eigenvalue weighted by molar-refractivity contribution is 5.87. The molecule has 2 aliphatic rings. The fourth-order valence-corrected chi connectivity index (χ4v) is 2.88. The molecule has 0 aromatic heterocycles. The maximum absolute atomic E-state index is 12.2. The largest absolute Gasteiger partial charge is 0.317 e. The first kappa shape index (κ1) is 11.0. The van der Waals surface area contributed by atoms with Gasteiger partial charge < -0.3 is 5.32 Å². The Kier molecular flexibility index (Phi) is 3.09. The number of hydrogen-bond acceptors (Lipinski definition) is 4. The van der Waals surface area contributed by atoms with Crippen molar-refractivity contribution in [1.82, 2.24) is 15.5 Å². The maximum atomic E-state index is 12.2. The summed E-state index contributed by atoms with van der Waals surface area (Å²) in [5, 5.41) is 6.55. The predicted molar refractivity (Wildman–Crippen MR) is 59.6 cm³/mol. The number of nitrogens with one attached hydrogen (secondary N) is 2. The molecule has 1 unspecified atom stereocenters. The van der Waals surface area contributed by atoms with Gasteiger partial charge in [-0.05, 0) is 39.9 Å². The smallest absolute Gasteiger partial charge is 0.154 e. The van der Waals surface area contributed by atoms with E-state index in [4.69, 9.17) is 0 Å². The summed E-state index contributed by atoms with van der Waals surface area (Å²) >= 11 is 0. The molecule has 2 saturated heterocycles. The van der Waals surface area contributed by atoms with Crippen molar-refractivity contribution in [2.75, 3.05) is 33.4 Å². The zero-order valence-electron chi connectivity index (χ0n) is 9.68. The molecular formula is C11H21N3O. The minimum Gasteiger partial charge on any atom is -0.317 e. The van der Waals surface area contributed by atoms with Crippen LogP contribution >= 0.6 is 0 Å². The van der Waals surface area contributed by atoms with Crippen LogP contribution in [0.3, 0.4) is 0 Å². The summed E-state index contributed by atoms with van der Waals surface area (Å²) in [6.07, 6.45) is 1.97. The molecule has 4 heteroatoms. The average Bonchev–Trinajstić information content (AvgIpc) is 2.36. The summed E-state index contributed by atoms with van der Waals surface area (Å²) in [6.45, 7) is 5.50. The Hall–Kier alpha value is -0.450. The molecule has 0 aliphatic carbocycles. The molecule has 86 valence electrons. The second kappa shape index (κ2) is 4.20. The van der Waals surface area contributed by atoms with Crippen LogP contribution in [0.2, 0.25) is 0 Å². The first-order valence-electron chi connectivity index (χ1n) is 5.82. The fraction of sp³-hybridized carbons (Fsp3) is 0.909. The molecule has 2 N–H and O–H groups in total. The van der Waals surface area contributed by atoms with Gasteiger partial charge in [-0.25, -0.2) is 0 Å². The van der Waals surface area contributed by atoms with E-state index in [2.05, 4.69) is 29.5 Å². The van der Waals surface area contributed by atoms with Crippen LogP contribution in [-0.2, 0) is 4.79 Å². The summed E-state index contributed by atoms with van der Waals surface area (Å²) in [5.41, 5.74) is -0.108. The van der Waals surface area contributed by atoms with Gasteiger partial charge >= 0.3 is 0 Å². The topological polar surface area (TPSA) is 44.4 Å². The standard InChI is InChI=1S/C11H21N3O/c1-9-11(3-5-12-6-4-11)10(15)7-13-8-14(9)2/h9,12-13H,3-8H2,1-2H3. The highest BCUT2D eigenvalue weighted by Gasteiger charge is 2.46. The number of carbonyl (C=O) groups excluding carboxylic acids is 1. The average molecular weight is 211 g/mol. The molecule has 0 saturated carbocycles. The molecule has 2 rings (SSSR count). The summed E-state index contributed by atoms with van der Waals surface area (Å²) in [5.74, 6) is 0.404. The maximum Gasteiger partial charge on any atom is 0.154 e. The van der Waals surface area contributed by atoms with Crippen molar-refractivity contribution in [2.45, 2.75) is 25.8 Å². The lowest BCUT2D eigenvalue weighted by Gasteiger charge is -2.42. The van der Waals surface area contributed by atoms with Crippen LogP contribution in [0, 0.1) is 5.41 Å². The van der Waals surface area contributed by atoms with Gasteiger partial charge in [-0.1, -0.05) is 0 Å². The number of Topliss-reactive ketones (excluding diaryl/α,β-unsaturated/α-hetero) is 1. The Balaban J connectivity index is 2.25. The number of nitrogens with zero attached hydrogens (tertiary/aromatic N) is 1. The molecule has 1 atom stereocenters. The Bertz CT molecular complexity index is 248. The minimum absolute atomic E-state index is 0.108. The Morgan fingerprint density at radius 2 is 2.00 bits per heavy atom. The first-order chi connectivity index (χ1) is 7.17. The van der Waals surface area contributed by atoms with Crippen molar-refractivity contribution < 1.29 is 4.79 Å². The van der Waals surface area contributed by atoms with Crippen LogP contribution in [0.15, 0.2) is 0 Å². The van der Waals surface area contributed by atoms with Gasteiger partial charge in [0.05, 0.1) is 6.54 Å². The van der Waals surface area contributed by atoms with Gasteiger partial charge in [0.2, 0.25) is 0 Å². The van der Waals surface area contributed by atoms with Crippen LogP contribution in [0.1, 0.15) is 19.8 Å². The molecule has 15 heavy (non-hydrogen) atoms. The molecule has 2 heterocycles. The van der Waals surface area contributed by atoms with E-state index in [1.807, 2.05) is 0 Å². The van der Waals surface area contributed by atoms with Crippen molar-refractivity contribution in [1.29, 1.82) is 0 Å². The first-order valence-corrected chi connectivity index (χ1v) is 5.82. The van der Waals surface area contributed by atoms with Crippen LogP contribution < -0.4 is 10.6 Å². The van der Waals surface area contributed by atoms with Gasteiger partial charge in [-0.2, -0.15) is 0 Å². The summed E-state index contributed by atoms with van der Waals surface area (Å²) in [7, 11) is 2.10. The van der Waals surface area contributed by atoms with Crippen LogP contribution in [0.25, 0.3) is 0 Å². The van der Waals surface area contributed by atoms with Gasteiger partial charge in [0.1, 0.15) is 0 Å². The molecule has 0 aromatic rings. The van der Waals surface area contributed by atoms with Crippen molar-refractivity contribution in [3.05, 3.63) is 0 Å². The molecule has 0 aromatic carbocycles. The number of piperidine rings is 1. The Morgan fingerprint density at radius 3 is 2.67 bits per heavy atom. The van der Waals surface area contributed by atoms with E-state index in [-0.39, 0.29) is 5.41 Å². The summed E-state index contributed by atoms with van der Waals surface area (Å²) in [6, 6.07) is 0.349. The predicted octanol–water partition coefficient (Wildman–Crippen LogP) is -0.194. The third kappa shape index (κ3) is 1.82. The normalized spacial score (nSPS) is 32.9. The fourth-order valence-electron chi connectivity index (χ4n) is 2.88. The minimum atomic E-state index is -0.108. The summed E-state index contributed by atoms with van der Waals surface area (Å²) in [4.78, 5) is 14.5. The lowest BCUT2D eigenvalue weighted by Crippen LogP contribution is -2.53. The SMILES string of the molecule is CC1N(C)CNCC(=O)C12CCNCC2. The van der Waals surface area contributed by atoms with Crippen molar-refractivity contribution in [3.63, 3.8) is 0 Å². The molecular weight excluding hydrogens is 190 g/mol. The Morgan fingerprint density at radius 1 is 1.33 bits per heavy atom. The van der Waals surface area contributed by atoms with E-state index >= 15 is 0 Å². The van der Waals surface area contributed by atoms with E-state index in [9.17, 15) is 4.79 Å². The molecule has 0 amide bonds. The van der Waals surface area contributed by atoms with E-state index in [1.165, 1.54) is 0 Å². The molecule has 0 radical (unpaired) electrons. The number of hydrogen-bond donors (Lipinski definition) is 2. The van der Waals surface area contributed by atoms with Gasteiger partial charge in [0.25, 0.3) is 0 Å². The van der Waals surface area contributed by atoms with Gasteiger partial charge in [0.15, 0.2) is 5.78 Å². The van der Waals surface area contributed by atoms with Gasteiger partial charge in [-0.3, -0.25) is 15.0 Å². The van der Waals surface area contributed by atoms with E-state index in [1.54, 1.807) is 0 Å². The van der Waals surface area contributed by atoms with Crippen LogP contribution in [-0.4, -0.2) is 50.1 Å². The molecule has 0 bridgehead atoms. The lowest BCUT2D eigenvalue weighted by atomic mass is 9.70. The lowest BCUT2D eigenvalue weighted by molar-refractivity contribution is -0.131. The number of carbonyl (C=O) groups is 1. The molecule has 4 nitrogen and oxygen atoms in total. The third-order valence-electron chi connectivity index (χ3n) is 4.16. The number of ketones is 1. The Labute approximate surface area is 91.4 Å². The zero-order chi connectivity index (χ0) is 10.9. The summed E-state index contributed by atoms with van der Waals surface area (Å²) < 4.78 is 0. The van der Waals surface area contributed by atoms with Crippen molar-refractivity contribution in [3.8, 4) is 0 Å². The van der Waals surface area contributed by atoms with E-state index in [0.717, 1.165) is 32.6 Å². The monoisotopic (exact) mass is 211 g/mol. The second-order valence-electron chi connectivity index (χ2n) is 4.85. The second-order valence-corrected chi connectivity index (χ2v) is 4.85. The quantitative estimate of drug-likeness (QED) is 0.583. The van der Waals surface area contributed by atoms with E-state index in [0.29, 0.717) is 18.4 Å². The third-order valence-corrected chi connectivity index (χ3v) is 4.16. The zero-order valence-corrected chi connectivity index (χ0v) is 9.68. The van der Waals surface area contributed by atoms with E-state index < -0.39 is 0 Å². The highest BCUT2D eigenvalue weighted by atomic mass is 16.1. The van der Waals surface area contributed by atoms with Gasteiger partial charge in [-0.15, -0.1) is 0 Å². The number of rotatable bonds is 0. The highest BCUT2D eigenvalue weighted by Crippen LogP contribution is 2.36. The van der Waals surface area contributed by atoms with Crippen molar-refractivity contribution in [2.24, 2.45) is 5.41 Å². The molecule has 2 aliphatic heterocycles. The van der Waals surface area contributed by atoms with Gasteiger partial charge in [0, 0.05) is 18.1 Å². The van der Waals surface area contributed by atoms with Crippen LogP contribution in [0.5, 0.6) is 0 Å². The molecule has 2 fully saturated rings. The molecule has 1 spiro atoms. The van der Waals surface area contributed by atoms with Crippen LogP contribution in [0.4, 0.5) is 0 Å².